The van der Waals surface area contributed by atoms with Gasteiger partial charge in [-0.25, -0.2) is 32.0 Å². The van der Waals surface area contributed by atoms with Gasteiger partial charge < -0.3 is 35.2 Å². The number of pyridine rings is 1. The summed E-state index contributed by atoms with van der Waals surface area (Å²) < 4.78 is 41.0. The first-order valence-corrected chi connectivity index (χ1v) is 15.2. The van der Waals surface area contributed by atoms with Crippen molar-refractivity contribution in [2.45, 2.75) is 18.4 Å². The minimum atomic E-state index is -4.70. The predicted molar refractivity (Wildman–Crippen MR) is 138 cm³/mol. The Labute approximate surface area is 232 Å². The van der Waals surface area contributed by atoms with E-state index in [0.29, 0.717) is 14.8 Å². The number of hydrogen-bond acceptors (Lipinski definition) is 10. The SMILES string of the molecule is CS(=O)(=O)N1CCN(C(=O)N[C@@H](C(=O)N[C@H]2Cc3cccc(C(=O)O)c3OB2O)c2ccc(P(=O)(O)O)cn2)C1=O. The van der Waals surface area contributed by atoms with Gasteiger partial charge in [0.05, 0.1) is 41.8 Å². The fourth-order valence-corrected chi connectivity index (χ4v) is 5.48. The number of para-hydroxylation sites is 1. The lowest BCUT2D eigenvalue weighted by molar-refractivity contribution is -0.123. The molecule has 0 aliphatic carbocycles. The van der Waals surface area contributed by atoms with Gasteiger partial charge in [0.2, 0.25) is 15.9 Å². The van der Waals surface area contributed by atoms with Crippen molar-refractivity contribution in [1.29, 1.82) is 0 Å². The summed E-state index contributed by atoms with van der Waals surface area (Å²) in [6.07, 6.45) is 1.49. The van der Waals surface area contributed by atoms with Crippen molar-refractivity contribution >= 4 is 54.0 Å². The highest BCUT2D eigenvalue weighted by atomic mass is 32.2. The quantitative estimate of drug-likeness (QED) is 0.149. The largest absolute Gasteiger partial charge is 0.547 e. The molecule has 0 bridgehead atoms. The number of imide groups is 1. The Bertz CT molecular complexity index is 1570. The molecule has 1 aromatic heterocycles. The second-order valence-corrected chi connectivity index (χ2v) is 12.6. The van der Waals surface area contributed by atoms with Crippen LogP contribution >= 0.6 is 7.60 Å². The summed E-state index contributed by atoms with van der Waals surface area (Å²) in [5.41, 5.74) is -0.0718. The lowest BCUT2D eigenvalue weighted by atomic mass is 9.72. The first-order chi connectivity index (χ1) is 19.1. The summed E-state index contributed by atoms with van der Waals surface area (Å²) in [6, 6.07) is 2.25. The molecule has 3 heterocycles. The van der Waals surface area contributed by atoms with Crippen LogP contribution in [-0.4, -0.2) is 98.9 Å². The van der Waals surface area contributed by atoms with Gasteiger partial charge in [0.25, 0.3) is 0 Å². The minimum Gasteiger partial charge on any atom is -0.534 e. The molecule has 17 nitrogen and oxygen atoms in total. The van der Waals surface area contributed by atoms with Gasteiger partial charge in [-0.3, -0.25) is 14.3 Å². The lowest BCUT2D eigenvalue weighted by Gasteiger charge is -2.30. The molecule has 20 heteroatoms. The van der Waals surface area contributed by atoms with E-state index >= 15 is 0 Å². The van der Waals surface area contributed by atoms with E-state index in [2.05, 4.69) is 15.6 Å². The van der Waals surface area contributed by atoms with Gasteiger partial charge >= 0.3 is 32.7 Å². The van der Waals surface area contributed by atoms with Crippen molar-refractivity contribution in [3.8, 4) is 5.75 Å². The first kappa shape index (κ1) is 29.9. The van der Waals surface area contributed by atoms with Crippen molar-refractivity contribution in [3.63, 3.8) is 0 Å². The van der Waals surface area contributed by atoms with Gasteiger partial charge in [0.15, 0.2) is 6.04 Å². The van der Waals surface area contributed by atoms with Crippen LogP contribution in [0.25, 0.3) is 0 Å². The molecule has 2 aliphatic heterocycles. The molecule has 6 N–H and O–H groups in total. The number of aromatic nitrogens is 1. The molecule has 5 amide bonds. The Morgan fingerprint density at radius 3 is 2.46 bits per heavy atom. The van der Waals surface area contributed by atoms with Crippen LogP contribution in [0.5, 0.6) is 5.75 Å². The molecule has 0 spiro atoms. The number of carbonyl (C=O) groups excluding carboxylic acids is 3. The third-order valence-electron chi connectivity index (χ3n) is 6.23. The first-order valence-electron chi connectivity index (χ1n) is 11.7. The Kier molecular flexibility index (Phi) is 8.10. The average molecular weight is 611 g/mol. The number of carbonyl (C=O) groups is 4. The summed E-state index contributed by atoms with van der Waals surface area (Å²) in [4.78, 5) is 73.5. The molecule has 0 saturated carbocycles. The van der Waals surface area contributed by atoms with Crippen molar-refractivity contribution < 1.29 is 56.7 Å². The highest BCUT2D eigenvalue weighted by molar-refractivity contribution is 7.88. The average Bonchev–Trinajstić information content (AvgIpc) is 3.28. The molecule has 1 aromatic carbocycles. The third kappa shape index (κ3) is 6.33. The number of benzene rings is 1. The van der Waals surface area contributed by atoms with Crippen LogP contribution in [-0.2, 0) is 25.8 Å². The molecule has 1 saturated heterocycles. The number of hydrogen-bond donors (Lipinski definition) is 6. The van der Waals surface area contributed by atoms with Gasteiger partial charge in [-0.1, -0.05) is 12.1 Å². The molecular formula is C21H23BN5O12PS. The fourth-order valence-electron chi connectivity index (χ4n) is 4.21. The van der Waals surface area contributed by atoms with E-state index < -0.39 is 66.0 Å². The van der Waals surface area contributed by atoms with E-state index in [9.17, 15) is 52.1 Å². The number of fused-ring (bicyclic) bond motifs is 1. The summed E-state index contributed by atoms with van der Waals surface area (Å²) in [5.74, 6) is -3.52. The summed E-state index contributed by atoms with van der Waals surface area (Å²) in [6.45, 7) is -0.644. The standard InChI is InChI=1S/C21H23BN5O12PS/c1-41(37,38)27-8-7-26(21(27)32)20(31)25-16(14-6-5-12(10-23-14)40(34,35)36)18(28)24-15-9-11-3-2-4-13(19(29)30)17(11)39-22(15)33/h2-6,10,15-16,33H,7-9H2,1H3,(H,24,28)(H,25,31)(H,29,30)(H2,34,35,36)/t15-,16+/m0/s1. The Hall–Kier alpha value is -4.03. The van der Waals surface area contributed by atoms with Crippen molar-refractivity contribution in [2.75, 3.05) is 19.3 Å². The van der Waals surface area contributed by atoms with Crippen molar-refractivity contribution in [3.05, 3.63) is 53.3 Å². The number of urea groups is 2. The van der Waals surface area contributed by atoms with Crippen LogP contribution in [0.15, 0.2) is 36.5 Å². The number of nitrogens with zero attached hydrogens (tertiary/aromatic N) is 3. The minimum absolute atomic E-state index is 0.0808. The normalized spacial score (nSPS) is 17.9. The molecule has 4 rings (SSSR count). The maximum Gasteiger partial charge on any atom is 0.547 e. The Morgan fingerprint density at radius 2 is 1.90 bits per heavy atom. The van der Waals surface area contributed by atoms with Gasteiger partial charge in [-0.15, -0.1) is 0 Å². The number of rotatable bonds is 7. The zero-order chi connectivity index (χ0) is 30.3. The van der Waals surface area contributed by atoms with Crippen molar-refractivity contribution in [2.24, 2.45) is 0 Å². The number of carboxylic acid groups (broad SMARTS) is 1. The molecule has 2 atom stereocenters. The zero-order valence-electron chi connectivity index (χ0n) is 21.1. The van der Waals surface area contributed by atoms with E-state index in [0.717, 1.165) is 24.6 Å². The third-order valence-corrected chi connectivity index (χ3v) is 8.30. The Morgan fingerprint density at radius 1 is 1.20 bits per heavy atom. The number of aromatic carboxylic acids is 1. The van der Waals surface area contributed by atoms with Crippen LogP contribution < -0.4 is 20.6 Å². The number of amides is 5. The molecular weight excluding hydrogens is 588 g/mol. The van der Waals surface area contributed by atoms with E-state index in [1.807, 2.05) is 0 Å². The van der Waals surface area contributed by atoms with E-state index in [-0.39, 0.29) is 36.5 Å². The maximum atomic E-state index is 13.4. The number of sulfonamides is 1. The second kappa shape index (κ2) is 11.1. The zero-order valence-corrected chi connectivity index (χ0v) is 22.8. The molecule has 41 heavy (non-hydrogen) atoms. The Balaban J connectivity index is 1.60. The van der Waals surface area contributed by atoms with E-state index in [1.54, 1.807) is 0 Å². The van der Waals surface area contributed by atoms with Crippen LogP contribution in [0.2, 0.25) is 0 Å². The maximum absolute atomic E-state index is 13.4. The topological polar surface area (TPSA) is 253 Å². The van der Waals surface area contributed by atoms with Gasteiger partial charge in [0.1, 0.15) is 5.75 Å². The second-order valence-electron chi connectivity index (χ2n) is 9.06. The van der Waals surface area contributed by atoms with Gasteiger partial charge in [-0.2, -0.15) is 0 Å². The lowest BCUT2D eigenvalue weighted by Crippen LogP contribution is -2.56. The van der Waals surface area contributed by atoms with E-state index in [4.69, 9.17) is 4.65 Å². The number of carboxylic acids is 1. The number of nitrogens with one attached hydrogen (secondary N) is 2. The summed E-state index contributed by atoms with van der Waals surface area (Å²) in [5, 5.41) is 24.1. The van der Waals surface area contributed by atoms with Crippen LogP contribution in [0, 0.1) is 0 Å². The highest BCUT2D eigenvalue weighted by Crippen LogP contribution is 2.33. The highest BCUT2D eigenvalue weighted by Gasteiger charge is 2.42. The molecule has 2 aliphatic rings. The summed E-state index contributed by atoms with van der Waals surface area (Å²) in [7, 11) is -10.4. The molecule has 218 valence electrons. The predicted octanol–water partition coefficient (Wildman–Crippen LogP) is -1.83. The summed E-state index contributed by atoms with van der Waals surface area (Å²) >= 11 is 0. The van der Waals surface area contributed by atoms with E-state index in [1.165, 1.54) is 18.2 Å². The fraction of sp³-hybridized carbons (Fsp3) is 0.286. The molecule has 2 aromatic rings. The van der Waals surface area contributed by atoms with Crippen LogP contribution in [0.3, 0.4) is 0 Å². The van der Waals surface area contributed by atoms with Crippen molar-refractivity contribution in [1.82, 2.24) is 24.8 Å². The van der Waals surface area contributed by atoms with Crippen LogP contribution in [0.4, 0.5) is 9.59 Å². The molecule has 1 fully saturated rings. The monoisotopic (exact) mass is 611 g/mol. The smallest absolute Gasteiger partial charge is 0.534 e. The van der Waals surface area contributed by atoms with Gasteiger partial charge in [-0.05, 0) is 30.2 Å². The molecule has 0 radical (unpaired) electrons. The molecule has 0 unspecified atom stereocenters. The van der Waals surface area contributed by atoms with Crippen LogP contribution in [0.1, 0.15) is 27.7 Å². The van der Waals surface area contributed by atoms with Gasteiger partial charge in [0, 0.05) is 6.20 Å².